The zero-order valence-corrected chi connectivity index (χ0v) is 15.6. The lowest BCUT2D eigenvalue weighted by atomic mass is 10.0. The van der Waals surface area contributed by atoms with Gasteiger partial charge in [0.15, 0.2) is 0 Å². The normalized spacial score (nSPS) is 14.5. The van der Waals surface area contributed by atoms with Gasteiger partial charge >= 0.3 is 0 Å². The van der Waals surface area contributed by atoms with Crippen LogP contribution in [0.15, 0.2) is 48.8 Å². The summed E-state index contributed by atoms with van der Waals surface area (Å²) in [6.45, 7) is 1.94. The van der Waals surface area contributed by atoms with Gasteiger partial charge in [-0.25, -0.2) is 4.98 Å². The Labute approximate surface area is 163 Å². The number of nitrogens with one attached hydrogen (secondary N) is 2. The fourth-order valence-corrected chi connectivity index (χ4v) is 2.82. The van der Waals surface area contributed by atoms with Gasteiger partial charge in [-0.05, 0) is 66.8 Å². The van der Waals surface area contributed by atoms with Gasteiger partial charge in [-0.3, -0.25) is 9.59 Å². The minimum absolute atomic E-state index is 0.00639. The van der Waals surface area contributed by atoms with Crippen molar-refractivity contribution >= 4 is 35.1 Å². The molecule has 1 fully saturated rings. The van der Waals surface area contributed by atoms with E-state index in [1.807, 2.05) is 13.0 Å². The third-order valence-electron chi connectivity index (χ3n) is 4.56. The number of allylic oxidation sites excluding steroid dienone is 2. The summed E-state index contributed by atoms with van der Waals surface area (Å²) in [5.41, 5.74) is 16.5. The molecular weight excluding hydrogens is 354 g/mol. The van der Waals surface area contributed by atoms with Crippen molar-refractivity contribution < 1.29 is 9.59 Å². The molecule has 6 N–H and O–H groups in total. The SMILES string of the molecule is Cc1ccc(NC=O)cc1/C(N)=C/C(=C\N)c1ccnc(NC(=O)C2CC2)c1. The average Bonchev–Trinajstić information content (AvgIpc) is 3.53. The van der Waals surface area contributed by atoms with Gasteiger partial charge in [0, 0.05) is 35.3 Å². The number of nitrogens with two attached hydrogens (primary N) is 2. The van der Waals surface area contributed by atoms with Gasteiger partial charge in [0.1, 0.15) is 5.82 Å². The maximum atomic E-state index is 12.0. The monoisotopic (exact) mass is 377 g/mol. The summed E-state index contributed by atoms with van der Waals surface area (Å²) >= 11 is 0. The Kier molecular flexibility index (Phi) is 5.74. The lowest BCUT2D eigenvalue weighted by Crippen LogP contribution is -2.14. The average molecular weight is 377 g/mol. The van der Waals surface area contributed by atoms with E-state index in [2.05, 4.69) is 15.6 Å². The fourth-order valence-electron chi connectivity index (χ4n) is 2.82. The predicted octanol–water partition coefficient (Wildman–Crippen LogP) is 2.61. The van der Waals surface area contributed by atoms with Crippen LogP contribution < -0.4 is 22.1 Å². The molecule has 7 nitrogen and oxygen atoms in total. The standard InChI is InChI=1S/C21H23N5O2/c1-13-2-5-17(25-12-27)10-18(13)19(23)8-16(11-22)15-6-7-24-20(9-15)26-21(28)14-3-4-14/h2,5-12,14H,3-4,22-23H2,1H3,(H,25,27)(H,24,26,28)/b16-11+,19-8-. The summed E-state index contributed by atoms with van der Waals surface area (Å²) in [6.07, 6.45) is 7.30. The second kappa shape index (κ2) is 8.39. The van der Waals surface area contributed by atoms with Crippen LogP contribution >= 0.6 is 0 Å². The molecule has 0 radical (unpaired) electrons. The number of aromatic nitrogens is 1. The minimum Gasteiger partial charge on any atom is -0.404 e. The molecule has 1 saturated carbocycles. The molecule has 0 unspecified atom stereocenters. The van der Waals surface area contributed by atoms with E-state index in [4.69, 9.17) is 11.5 Å². The molecule has 0 saturated heterocycles. The topological polar surface area (TPSA) is 123 Å². The number of nitrogens with zero attached hydrogens (tertiary/aromatic N) is 1. The molecule has 1 aliphatic rings. The Morgan fingerprint density at radius 3 is 2.71 bits per heavy atom. The van der Waals surface area contributed by atoms with Gasteiger partial charge < -0.3 is 22.1 Å². The summed E-state index contributed by atoms with van der Waals surface area (Å²) in [4.78, 5) is 26.8. The molecule has 144 valence electrons. The van der Waals surface area contributed by atoms with E-state index in [1.54, 1.807) is 36.5 Å². The lowest BCUT2D eigenvalue weighted by molar-refractivity contribution is -0.117. The van der Waals surface area contributed by atoms with Crippen LogP contribution in [0.1, 0.15) is 29.5 Å². The Bertz CT molecular complexity index is 961. The van der Waals surface area contributed by atoms with Crippen LogP contribution in [0.5, 0.6) is 0 Å². The first-order valence-corrected chi connectivity index (χ1v) is 8.99. The molecular formula is C21H23N5O2. The summed E-state index contributed by atoms with van der Waals surface area (Å²) in [7, 11) is 0. The Balaban J connectivity index is 1.86. The highest BCUT2D eigenvalue weighted by molar-refractivity contribution is 5.94. The maximum absolute atomic E-state index is 12.0. The van der Waals surface area contributed by atoms with Crippen molar-refractivity contribution in [3.63, 3.8) is 0 Å². The first kappa shape index (κ1) is 19.2. The molecule has 1 heterocycles. The number of pyridine rings is 1. The van der Waals surface area contributed by atoms with E-state index in [1.165, 1.54) is 6.20 Å². The van der Waals surface area contributed by atoms with Crippen molar-refractivity contribution in [2.75, 3.05) is 10.6 Å². The number of rotatable bonds is 7. The van der Waals surface area contributed by atoms with Crippen LogP contribution in [0.4, 0.5) is 11.5 Å². The lowest BCUT2D eigenvalue weighted by Gasteiger charge is -2.11. The van der Waals surface area contributed by atoms with Gasteiger partial charge in [-0.2, -0.15) is 0 Å². The second-order valence-corrected chi connectivity index (χ2v) is 6.71. The first-order chi connectivity index (χ1) is 13.5. The molecule has 1 aromatic heterocycles. The zero-order valence-electron chi connectivity index (χ0n) is 15.6. The van der Waals surface area contributed by atoms with Crippen molar-refractivity contribution in [2.24, 2.45) is 17.4 Å². The van der Waals surface area contributed by atoms with Crippen LogP contribution in [0.3, 0.4) is 0 Å². The quantitative estimate of drug-likeness (QED) is 0.436. The molecule has 0 spiro atoms. The molecule has 0 aliphatic heterocycles. The van der Waals surface area contributed by atoms with Crippen LogP contribution in [0.2, 0.25) is 0 Å². The van der Waals surface area contributed by atoms with E-state index < -0.39 is 0 Å². The van der Waals surface area contributed by atoms with Crippen molar-refractivity contribution in [2.45, 2.75) is 19.8 Å². The van der Waals surface area contributed by atoms with E-state index >= 15 is 0 Å². The molecule has 3 rings (SSSR count). The number of hydrogen-bond donors (Lipinski definition) is 4. The van der Waals surface area contributed by atoms with Gasteiger partial charge in [0.25, 0.3) is 0 Å². The maximum Gasteiger partial charge on any atom is 0.228 e. The van der Waals surface area contributed by atoms with Gasteiger partial charge in [0.05, 0.1) is 0 Å². The molecule has 1 aromatic carbocycles. The summed E-state index contributed by atoms with van der Waals surface area (Å²) in [5, 5.41) is 5.45. The number of amides is 2. The van der Waals surface area contributed by atoms with Crippen molar-refractivity contribution in [1.82, 2.24) is 4.98 Å². The highest BCUT2D eigenvalue weighted by Gasteiger charge is 2.29. The molecule has 1 aliphatic carbocycles. The number of carbonyl (C=O) groups excluding carboxylic acids is 2. The van der Waals surface area contributed by atoms with E-state index in [0.29, 0.717) is 29.2 Å². The number of anilines is 2. The predicted molar refractivity (Wildman–Crippen MR) is 111 cm³/mol. The second-order valence-electron chi connectivity index (χ2n) is 6.71. The molecule has 7 heteroatoms. The molecule has 0 atom stereocenters. The minimum atomic E-state index is -0.00639. The Morgan fingerprint density at radius 2 is 2.04 bits per heavy atom. The van der Waals surface area contributed by atoms with Gasteiger partial charge in [-0.15, -0.1) is 0 Å². The third kappa shape index (κ3) is 4.56. The van der Waals surface area contributed by atoms with E-state index in [0.717, 1.165) is 29.5 Å². The smallest absolute Gasteiger partial charge is 0.228 e. The summed E-state index contributed by atoms with van der Waals surface area (Å²) < 4.78 is 0. The summed E-state index contributed by atoms with van der Waals surface area (Å²) in [5.74, 6) is 0.572. The molecule has 0 bridgehead atoms. The highest BCUT2D eigenvalue weighted by Crippen LogP contribution is 2.30. The number of hydrogen-bond acceptors (Lipinski definition) is 5. The number of benzene rings is 1. The van der Waals surface area contributed by atoms with Crippen molar-refractivity contribution in [1.29, 1.82) is 0 Å². The highest BCUT2D eigenvalue weighted by atomic mass is 16.2. The fraction of sp³-hybridized carbons (Fsp3) is 0.190. The van der Waals surface area contributed by atoms with Crippen LogP contribution in [-0.4, -0.2) is 17.3 Å². The van der Waals surface area contributed by atoms with E-state index in [-0.39, 0.29) is 11.8 Å². The Hall–Kier alpha value is -3.61. The Morgan fingerprint density at radius 1 is 1.25 bits per heavy atom. The largest absolute Gasteiger partial charge is 0.404 e. The molecule has 2 aromatic rings. The first-order valence-electron chi connectivity index (χ1n) is 8.99. The summed E-state index contributed by atoms with van der Waals surface area (Å²) in [6, 6.07) is 9.05. The van der Waals surface area contributed by atoms with Crippen LogP contribution in [-0.2, 0) is 9.59 Å². The number of carbonyl (C=O) groups is 2. The van der Waals surface area contributed by atoms with Crippen molar-refractivity contribution in [3.05, 3.63) is 65.5 Å². The number of aryl methyl sites for hydroxylation is 1. The van der Waals surface area contributed by atoms with Crippen LogP contribution in [0.25, 0.3) is 11.3 Å². The van der Waals surface area contributed by atoms with Gasteiger partial charge in [-0.1, -0.05) is 6.07 Å². The molecule has 2 amide bonds. The van der Waals surface area contributed by atoms with E-state index in [9.17, 15) is 9.59 Å². The van der Waals surface area contributed by atoms with Crippen LogP contribution in [0, 0.1) is 12.8 Å². The van der Waals surface area contributed by atoms with Crippen molar-refractivity contribution in [3.8, 4) is 0 Å². The zero-order chi connectivity index (χ0) is 20.1. The third-order valence-corrected chi connectivity index (χ3v) is 4.56. The van der Waals surface area contributed by atoms with Gasteiger partial charge in [0.2, 0.25) is 12.3 Å². The molecule has 28 heavy (non-hydrogen) atoms.